The fourth-order valence-corrected chi connectivity index (χ4v) is 3.51. The van der Waals surface area contributed by atoms with Gasteiger partial charge in [0.25, 0.3) is 0 Å². The first kappa shape index (κ1) is 13.1. The first-order valence-corrected chi connectivity index (χ1v) is 7.98. The lowest BCUT2D eigenvalue weighted by atomic mass is 9.81. The van der Waals surface area contributed by atoms with Crippen LogP contribution < -0.4 is 5.32 Å². The molecule has 2 aliphatic rings. The topological polar surface area (TPSA) is 24.9 Å². The Morgan fingerprint density at radius 3 is 2.79 bits per heavy atom. The van der Waals surface area contributed by atoms with Crippen LogP contribution in [0, 0.1) is 12.8 Å². The normalized spacial score (nSPS) is 28.1. The van der Waals surface area contributed by atoms with Crippen molar-refractivity contribution in [2.24, 2.45) is 5.92 Å². The molecule has 3 rings (SSSR count). The lowest BCUT2D eigenvalue weighted by Gasteiger charge is -2.27. The number of rotatable bonds is 4. The van der Waals surface area contributed by atoms with Gasteiger partial charge in [-0.15, -0.1) is 0 Å². The minimum Gasteiger partial charge on any atom is -0.314 e. The molecule has 2 aliphatic carbocycles. The molecule has 2 heteroatoms. The molecule has 2 nitrogen and oxygen atoms in total. The molecule has 0 aliphatic heterocycles. The molecular weight excluding hydrogens is 232 g/mol. The van der Waals surface area contributed by atoms with E-state index in [-0.39, 0.29) is 0 Å². The summed E-state index contributed by atoms with van der Waals surface area (Å²) in [4.78, 5) is 4.37. The largest absolute Gasteiger partial charge is 0.314 e. The van der Waals surface area contributed by atoms with E-state index < -0.39 is 0 Å². The van der Waals surface area contributed by atoms with Crippen LogP contribution in [0.15, 0.2) is 18.5 Å². The van der Waals surface area contributed by atoms with Gasteiger partial charge in [-0.05, 0) is 68.2 Å². The smallest absolute Gasteiger partial charge is 0.0305 e. The Bertz CT molecular complexity index is 411. The molecule has 2 saturated carbocycles. The monoisotopic (exact) mass is 258 g/mol. The lowest BCUT2D eigenvalue weighted by molar-refractivity contribution is 0.372. The quantitative estimate of drug-likeness (QED) is 0.831. The molecule has 1 heterocycles. The molecule has 104 valence electrons. The van der Waals surface area contributed by atoms with E-state index in [1.54, 1.807) is 0 Å². The van der Waals surface area contributed by atoms with Gasteiger partial charge in [0.1, 0.15) is 0 Å². The van der Waals surface area contributed by atoms with Gasteiger partial charge in [0.2, 0.25) is 0 Å². The molecule has 0 bridgehead atoms. The summed E-state index contributed by atoms with van der Waals surface area (Å²) in [6.07, 6.45) is 13.8. The molecule has 19 heavy (non-hydrogen) atoms. The summed E-state index contributed by atoms with van der Waals surface area (Å²) in [7, 11) is 0. The minimum atomic E-state index is 0.724. The first-order chi connectivity index (χ1) is 9.34. The highest BCUT2D eigenvalue weighted by Crippen LogP contribution is 2.37. The first-order valence-electron chi connectivity index (χ1n) is 7.98. The lowest BCUT2D eigenvalue weighted by Crippen LogP contribution is -2.28. The van der Waals surface area contributed by atoms with Crippen molar-refractivity contribution in [3.05, 3.63) is 29.6 Å². The fourth-order valence-electron chi connectivity index (χ4n) is 3.51. The molecule has 2 fully saturated rings. The van der Waals surface area contributed by atoms with E-state index in [1.165, 1.54) is 62.6 Å². The highest BCUT2D eigenvalue weighted by Gasteiger charge is 2.28. The molecule has 2 unspecified atom stereocenters. The summed E-state index contributed by atoms with van der Waals surface area (Å²) in [5, 5.41) is 3.75. The molecule has 0 radical (unpaired) electrons. The van der Waals surface area contributed by atoms with Crippen LogP contribution in [0.2, 0.25) is 0 Å². The van der Waals surface area contributed by atoms with Gasteiger partial charge in [-0.2, -0.15) is 0 Å². The van der Waals surface area contributed by atoms with Crippen LogP contribution in [-0.2, 0) is 0 Å². The number of aromatic nitrogens is 1. The van der Waals surface area contributed by atoms with Gasteiger partial charge in [0.05, 0.1) is 0 Å². The van der Waals surface area contributed by atoms with E-state index in [0.29, 0.717) is 0 Å². The van der Waals surface area contributed by atoms with Crippen molar-refractivity contribution in [2.45, 2.75) is 63.8 Å². The third kappa shape index (κ3) is 3.36. The van der Waals surface area contributed by atoms with E-state index in [0.717, 1.165) is 17.9 Å². The van der Waals surface area contributed by atoms with Crippen molar-refractivity contribution in [2.75, 3.05) is 6.54 Å². The molecule has 2 atom stereocenters. The summed E-state index contributed by atoms with van der Waals surface area (Å²) in [5.74, 6) is 1.54. The standard InChI is InChI=1S/C17H26N2/c1-13-9-10-18-12-17(13)16-6-4-2-3-5-14(16)11-19-15-7-8-15/h9-10,12,14-16,19H,2-8,11H2,1H3. The van der Waals surface area contributed by atoms with Crippen LogP contribution in [0.1, 0.15) is 62.0 Å². The molecule has 0 spiro atoms. The van der Waals surface area contributed by atoms with Gasteiger partial charge in [-0.25, -0.2) is 0 Å². The predicted molar refractivity (Wildman–Crippen MR) is 79.3 cm³/mol. The van der Waals surface area contributed by atoms with Crippen molar-refractivity contribution in [3.8, 4) is 0 Å². The maximum Gasteiger partial charge on any atom is 0.0305 e. The second-order valence-electron chi connectivity index (χ2n) is 6.42. The van der Waals surface area contributed by atoms with Crippen LogP contribution >= 0.6 is 0 Å². The molecule has 0 aromatic carbocycles. The molecule has 1 N–H and O–H groups in total. The summed E-state index contributed by atoms with van der Waals surface area (Å²) in [6, 6.07) is 3.00. The van der Waals surface area contributed by atoms with Crippen molar-refractivity contribution < 1.29 is 0 Å². The Morgan fingerprint density at radius 2 is 2.00 bits per heavy atom. The third-order valence-electron chi connectivity index (χ3n) is 4.88. The van der Waals surface area contributed by atoms with Gasteiger partial charge in [-0.3, -0.25) is 4.98 Å². The van der Waals surface area contributed by atoms with Crippen LogP contribution in [0.3, 0.4) is 0 Å². The number of aryl methyl sites for hydroxylation is 1. The van der Waals surface area contributed by atoms with Gasteiger partial charge >= 0.3 is 0 Å². The molecule has 0 amide bonds. The van der Waals surface area contributed by atoms with Crippen LogP contribution in [0.4, 0.5) is 0 Å². The van der Waals surface area contributed by atoms with Crippen molar-refractivity contribution >= 4 is 0 Å². The average Bonchev–Trinajstić information content (AvgIpc) is 3.24. The number of hydrogen-bond acceptors (Lipinski definition) is 2. The highest BCUT2D eigenvalue weighted by atomic mass is 14.9. The van der Waals surface area contributed by atoms with Gasteiger partial charge in [0, 0.05) is 18.4 Å². The number of nitrogens with zero attached hydrogens (tertiary/aromatic N) is 1. The van der Waals surface area contributed by atoms with Crippen molar-refractivity contribution in [3.63, 3.8) is 0 Å². The third-order valence-corrected chi connectivity index (χ3v) is 4.88. The molecule has 1 aromatic rings. The summed E-state index contributed by atoms with van der Waals surface area (Å²) < 4.78 is 0. The maximum atomic E-state index is 4.37. The zero-order chi connectivity index (χ0) is 13.1. The highest BCUT2D eigenvalue weighted by molar-refractivity contribution is 5.26. The van der Waals surface area contributed by atoms with E-state index >= 15 is 0 Å². The number of nitrogens with one attached hydrogen (secondary N) is 1. The molecular formula is C17H26N2. The van der Waals surface area contributed by atoms with Gasteiger partial charge in [-0.1, -0.05) is 19.3 Å². The van der Waals surface area contributed by atoms with E-state index in [4.69, 9.17) is 0 Å². The Balaban J connectivity index is 1.74. The van der Waals surface area contributed by atoms with Gasteiger partial charge in [0.15, 0.2) is 0 Å². The van der Waals surface area contributed by atoms with E-state index in [9.17, 15) is 0 Å². The van der Waals surface area contributed by atoms with Crippen LogP contribution in [0.5, 0.6) is 0 Å². The van der Waals surface area contributed by atoms with E-state index in [2.05, 4.69) is 29.5 Å². The summed E-state index contributed by atoms with van der Waals surface area (Å²) in [6.45, 7) is 3.46. The Kier molecular flexibility index (Phi) is 4.17. The Hall–Kier alpha value is -0.890. The minimum absolute atomic E-state index is 0.724. The number of hydrogen-bond donors (Lipinski definition) is 1. The van der Waals surface area contributed by atoms with Crippen molar-refractivity contribution in [1.29, 1.82) is 0 Å². The fraction of sp³-hybridized carbons (Fsp3) is 0.706. The average molecular weight is 258 g/mol. The SMILES string of the molecule is Cc1ccncc1C1CCCCCC1CNC1CC1. The summed E-state index contributed by atoms with van der Waals surface area (Å²) in [5.41, 5.74) is 2.94. The van der Waals surface area contributed by atoms with Crippen LogP contribution in [0.25, 0.3) is 0 Å². The Morgan fingerprint density at radius 1 is 1.16 bits per heavy atom. The number of pyridine rings is 1. The maximum absolute atomic E-state index is 4.37. The zero-order valence-electron chi connectivity index (χ0n) is 12.1. The molecule has 0 saturated heterocycles. The van der Waals surface area contributed by atoms with E-state index in [1.807, 2.05) is 6.20 Å². The predicted octanol–water partition coefficient (Wildman–Crippen LogP) is 3.81. The summed E-state index contributed by atoms with van der Waals surface area (Å²) >= 11 is 0. The second-order valence-corrected chi connectivity index (χ2v) is 6.42. The van der Waals surface area contributed by atoms with Crippen LogP contribution in [-0.4, -0.2) is 17.6 Å². The zero-order valence-corrected chi connectivity index (χ0v) is 12.1. The second kappa shape index (κ2) is 6.04. The van der Waals surface area contributed by atoms with Gasteiger partial charge < -0.3 is 5.32 Å². The van der Waals surface area contributed by atoms with Crippen molar-refractivity contribution in [1.82, 2.24) is 10.3 Å². The Labute approximate surface area is 117 Å². The molecule has 1 aromatic heterocycles.